The molecular formula is C14H11BrF3NO2. The molecule has 0 saturated carbocycles. The summed E-state index contributed by atoms with van der Waals surface area (Å²) >= 11 is 3.36. The Morgan fingerprint density at radius 2 is 1.81 bits per heavy atom. The maximum atomic E-state index is 11.9. The molecule has 2 rings (SSSR count). The van der Waals surface area contributed by atoms with Crippen molar-refractivity contribution in [3.8, 4) is 5.75 Å². The van der Waals surface area contributed by atoms with E-state index >= 15 is 0 Å². The Balaban J connectivity index is 1.94. The van der Waals surface area contributed by atoms with Crippen molar-refractivity contribution in [3.63, 3.8) is 0 Å². The molecule has 1 N–H and O–H groups in total. The van der Waals surface area contributed by atoms with Crippen molar-refractivity contribution < 1.29 is 22.7 Å². The zero-order valence-corrected chi connectivity index (χ0v) is 12.3. The second-order valence-electron chi connectivity index (χ2n) is 4.33. The smallest absolute Gasteiger partial charge is 0.405 e. The first-order valence-electron chi connectivity index (χ1n) is 5.99. The zero-order chi connectivity index (χ0) is 15.5. The van der Waals surface area contributed by atoms with E-state index in [4.69, 9.17) is 4.74 Å². The fourth-order valence-corrected chi connectivity index (χ4v) is 2.06. The van der Waals surface area contributed by atoms with Crippen molar-refractivity contribution in [1.29, 1.82) is 0 Å². The number of amides is 1. The molecule has 0 saturated heterocycles. The lowest BCUT2D eigenvalue weighted by Gasteiger charge is -2.10. The van der Waals surface area contributed by atoms with E-state index in [1.165, 1.54) is 0 Å². The van der Waals surface area contributed by atoms with Crippen molar-refractivity contribution in [3.05, 3.63) is 40.9 Å². The molecule has 0 aliphatic carbocycles. The largest absolute Gasteiger partial charge is 0.484 e. The summed E-state index contributed by atoms with van der Waals surface area (Å²) in [6.07, 6.45) is -4.42. The number of halogens is 4. The summed E-state index contributed by atoms with van der Waals surface area (Å²) in [5.41, 5.74) is 0. The van der Waals surface area contributed by atoms with Gasteiger partial charge in [0, 0.05) is 4.47 Å². The molecule has 7 heteroatoms. The molecule has 0 aliphatic rings. The third-order valence-corrected chi connectivity index (χ3v) is 3.12. The van der Waals surface area contributed by atoms with Crippen LogP contribution < -0.4 is 10.1 Å². The van der Waals surface area contributed by atoms with E-state index in [9.17, 15) is 18.0 Å². The number of carbonyl (C=O) groups is 1. The van der Waals surface area contributed by atoms with Crippen LogP contribution in [0.4, 0.5) is 13.2 Å². The quantitative estimate of drug-likeness (QED) is 0.902. The molecule has 21 heavy (non-hydrogen) atoms. The van der Waals surface area contributed by atoms with Crippen LogP contribution >= 0.6 is 15.9 Å². The second kappa shape index (κ2) is 6.34. The van der Waals surface area contributed by atoms with Crippen LogP contribution in [0.25, 0.3) is 10.8 Å². The Morgan fingerprint density at radius 3 is 2.52 bits per heavy atom. The van der Waals surface area contributed by atoms with Gasteiger partial charge in [-0.05, 0) is 35.0 Å². The number of ether oxygens (including phenoxy) is 1. The number of benzene rings is 2. The van der Waals surface area contributed by atoms with Crippen molar-refractivity contribution >= 4 is 32.6 Å². The average molecular weight is 362 g/mol. The highest BCUT2D eigenvalue weighted by Crippen LogP contribution is 2.24. The van der Waals surface area contributed by atoms with Crippen LogP contribution in [0.15, 0.2) is 40.9 Å². The van der Waals surface area contributed by atoms with Crippen molar-refractivity contribution in [2.75, 3.05) is 13.2 Å². The number of alkyl halides is 3. The van der Waals surface area contributed by atoms with E-state index in [2.05, 4.69) is 15.9 Å². The minimum Gasteiger partial charge on any atom is -0.484 e. The maximum absolute atomic E-state index is 11.9. The summed E-state index contributed by atoms with van der Waals surface area (Å²) in [6, 6.07) is 10.8. The topological polar surface area (TPSA) is 38.3 Å². The van der Waals surface area contributed by atoms with Gasteiger partial charge in [-0.15, -0.1) is 0 Å². The van der Waals surface area contributed by atoms with E-state index in [-0.39, 0.29) is 0 Å². The Morgan fingerprint density at radius 1 is 1.14 bits per heavy atom. The van der Waals surface area contributed by atoms with Crippen molar-refractivity contribution in [2.45, 2.75) is 6.18 Å². The van der Waals surface area contributed by atoms with Crippen LogP contribution in [0.2, 0.25) is 0 Å². The Kier molecular flexibility index (Phi) is 4.72. The van der Waals surface area contributed by atoms with Crippen LogP contribution in [0, 0.1) is 0 Å². The molecule has 0 spiro atoms. The fraction of sp³-hybridized carbons (Fsp3) is 0.214. The van der Waals surface area contributed by atoms with Gasteiger partial charge in [-0.25, -0.2) is 0 Å². The molecule has 0 atom stereocenters. The zero-order valence-electron chi connectivity index (χ0n) is 10.7. The lowest BCUT2D eigenvalue weighted by molar-refractivity contribution is -0.139. The van der Waals surface area contributed by atoms with Gasteiger partial charge in [0.05, 0.1) is 0 Å². The lowest BCUT2D eigenvalue weighted by atomic mass is 10.1. The second-order valence-corrected chi connectivity index (χ2v) is 5.25. The fourth-order valence-electron chi connectivity index (χ4n) is 1.68. The third-order valence-electron chi connectivity index (χ3n) is 2.63. The molecule has 3 nitrogen and oxygen atoms in total. The molecule has 0 bridgehead atoms. The Hall–Kier alpha value is -1.76. The van der Waals surface area contributed by atoms with Gasteiger partial charge in [-0.2, -0.15) is 13.2 Å². The van der Waals surface area contributed by atoms with Crippen molar-refractivity contribution in [1.82, 2.24) is 5.32 Å². The van der Waals surface area contributed by atoms with E-state index in [1.807, 2.05) is 24.3 Å². The molecule has 0 aliphatic heterocycles. The number of fused-ring (bicyclic) bond motifs is 1. The standard InChI is InChI=1S/C14H11BrF3NO2/c15-11-3-1-10-6-12(4-2-9(10)5-11)21-7-13(20)19-8-14(16,17)18/h1-6H,7-8H2,(H,19,20). The molecular weight excluding hydrogens is 351 g/mol. The van der Waals surface area contributed by atoms with Gasteiger partial charge in [0.2, 0.25) is 0 Å². The van der Waals surface area contributed by atoms with Crippen LogP contribution in [0.5, 0.6) is 5.75 Å². The first kappa shape index (κ1) is 15.6. The van der Waals surface area contributed by atoms with Gasteiger partial charge in [0.15, 0.2) is 6.61 Å². The van der Waals surface area contributed by atoms with Crippen LogP contribution in [-0.4, -0.2) is 25.2 Å². The van der Waals surface area contributed by atoms with E-state index in [1.54, 1.807) is 17.4 Å². The molecule has 0 unspecified atom stereocenters. The normalized spacial score (nSPS) is 11.4. The Bertz CT molecular complexity index is 658. The predicted octanol–water partition coefficient (Wildman–Crippen LogP) is 3.66. The molecule has 0 aromatic heterocycles. The summed E-state index contributed by atoms with van der Waals surface area (Å²) < 4.78 is 41.9. The SMILES string of the molecule is O=C(COc1ccc2cc(Br)ccc2c1)NCC(F)(F)F. The van der Waals surface area contributed by atoms with Crippen LogP contribution in [-0.2, 0) is 4.79 Å². The van der Waals surface area contributed by atoms with Crippen LogP contribution in [0.1, 0.15) is 0 Å². The number of hydrogen-bond donors (Lipinski definition) is 1. The van der Waals surface area contributed by atoms with Crippen LogP contribution in [0.3, 0.4) is 0 Å². The molecule has 2 aromatic carbocycles. The summed E-state index contributed by atoms with van der Waals surface area (Å²) in [7, 11) is 0. The maximum Gasteiger partial charge on any atom is 0.405 e. The first-order chi connectivity index (χ1) is 9.83. The van der Waals surface area contributed by atoms with Gasteiger partial charge in [0.1, 0.15) is 12.3 Å². The minimum atomic E-state index is -4.42. The van der Waals surface area contributed by atoms with Gasteiger partial charge in [0.25, 0.3) is 5.91 Å². The highest BCUT2D eigenvalue weighted by Gasteiger charge is 2.27. The van der Waals surface area contributed by atoms with E-state index < -0.39 is 25.2 Å². The first-order valence-corrected chi connectivity index (χ1v) is 6.78. The van der Waals surface area contributed by atoms with Crippen molar-refractivity contribution in [2.24, 2.45) is 0 Å². The number of hydrogen-bond acceptors (Lipinski definition) is 2. The van der Waals surface area contributed by atoms with Gasteiger partial charge in [-0.1, -0.05) is 28.1 Å². The predicted molar refractivity (Wildman–Crippen MR) is 76.2 cm³/mol. The summed E-state index contributed by atoms with van der Waals surface area (Å²) in [4.78, 5) is 11.2. The average Bonchev–Trinajstić information content (AvgIpc) is 2.42. The summed E-state index contributed by atoms with van der Waals surface area (Å²) in [5.74, 6) is -0.393. The molecule has 112 valence electrons. The molecule has 0 heterocycles. The minimum absolute atomic E-state index is 0.423. The highest BCUT2D eigenvalue weighted by molar-refractivity contribution is 9.10. The van der Waals surface area contributed by atoms with E-state index in [0.717, 1.165) is 15.2 Å². The summed E-state index contributed by atoms with van der Waals surface area (Å²) in [5, 5.41) is 3.64. The van der Waals surface area contributed by atoms with Gasteiger partial charge < -0.3 is 10.1 Å². The molecule has 2 aromatic rings. The molecule has 0 radical (unpaired) electrons. The summed E-state index contributed by atoms with van der Waals surface area (Å²) in [6.45, 7) is -1.82. The van der Waals surface area contributed by atoms with Gasteiger partial charge >= 0.3 is 6.18 Å². The highest BCUT2D eigenvalue weighted by atomic mass is 79.9. The van der Waals surface area contributed by atoms with E-state index in [0.29, 0.717) is 5.75 Å². The Labute approximate surface area is 127 Å². The number of carbonyl (C=O) groups excluding carboxylic acids is 1. The molecule has 1 amide bonds. The number of rotatable bonds is 4. The van der Waals surface area contributed by atoms with Gasteiger partial charge in [-0.3, -0.25) is 4.79 Å². The number of nitrogens with one attached hydrogen (secondary N) is 1. The lowest BCUT2D eigenvalue weighted by Crippen LogP contribution is -2.36. The monoisotopic (exact) mass is 361 g/mol. The third kappa shape index (κ3) is 4.93. The molecule has 0 fully saturated rings.